The highest BCUT2D eigenvalue weighted by molar-refractivity contribution is 9.10. The van der Waals surface area contributed by atoms with Crippen LogP contribution >= 0.6 is 15.9 Å². The molecule has 0 saturated carbocycles. The number of hydrogen-bond acceptors (Lipinski definition) is 4. The fraction of sp³-hybridized carbons (Fsp3) is 0.412. The number of nitrogens with zero attached hydrogens (tertiary/aromatic N) is 3. The smallest absolute Gasteiger partial charge is 0.191 e. The summed E-state index contributed by atoms with van der Waals surface area (Å²) >= 11 is 3.48. The molecule has 0 amide bonds. The minimum absolute atomic E-state index is 0.372. The second-order valence-electron chi connectivity index (χ2n) is 5.91. The standard InChI is InChI=1S/C17H22BrN5O/c1-12-9-16(24-22-12)10-20-17(19-2)21-14-7-8-23(11-14)15-5-3-13(18)4-6-15/h3-6,9,14H,7-8,10-11H2,1-2H3,(H2,19,20,21). The van der Waals surface area contributed by atoms with E-state index in [1.165, 1.54) is 5.69 Å². The Balaban J connectivity index is 1.50. The van der Waals surface area contributed by atoms with Gasteiger partial charge < -0.3 is 20.1 Å². The van der Waals surface area contributed by atoms with Crippen LogP contribution in [-0.4, -0.2) is 37.3 Å². The number of halogens is 1. The number of guanidine groups is 1. The summed E-state index contributed by atoms with van der Waals surface area (Å²) < 4.78 is 6.31. The lowest BCUT2D eigenvalue weighted by Gasteiger charge is -2.20. The predicted molar refractivity (Wildman–Crippen MR) is 99.3 cm³/mol. The van der Waals surface area contributed by atoms with Crippen molar-refractivity contribution in [2.75, 3.05) is 25.0 Å². The highest BCUT2D eigenvalue weighted by atomic mass is 79.9. The number of hydrogen-bond donors (Lipinski definition) is 2. The fourth-order valence-electron chi connectivity index (χ4n) is 2.82. The molecule has 0 aliphatic carbocycles. The number of aliphatic imine (C=N–C) groups is 1. The van der Waals surface area contributed by atoms with Gasteiger partial charge in [0.15, 0.2) is 11.7 Å². The molecule has 0 radical (unpaired) electrons. The lowest BCUT2D eigenvalue weighted by atomic mass is 10.2. The van der Waals surface area contributed by atoms with Gasteiger partial charge in [-0.25, -0.2) is 0 Å². The zero-order valence-corrected chi connectivity index (χ0v) is 15.5. The maximum absolute atomic E-state index is 5.21. The summed E-state index contributed by atoms with van der Waals surface area (Å²) in [5, 5.41) is 10.6. The van der Waals surface area contributed by atoms with Crippen molar-refractivity contribution in [3.63, 3.8) is 0 Å². The topological polar surface area (TPSA) is 65.7 Å². The van der Waals surface area contributed by atoms with Crippen LogP contribution in [0.3, 0.4) is 0 Å². The van der Waals surface area contributed by atoms with E-state index in [-0.39, 0.29) is 0 Å². The third-order valence-electron chi connectivity index (χ3n) is 4.05. The molecule has 24 heavy (non-hydrogen) atoms. The van der Waals surface area contributed by atoms with E-state index in [1.807, 2.05) is 13.0 Å². The molecule has 7 heteroatoms. The summed E-state index contributed by atoms with van der Waals surface area (Å²) in [6.07, 6.45) is 1.08. The quantitative estimate of drug-likeness (QED) is 0.619. The highest BCUT2D eigenvalue weighted by Crippen LogP contribution is 2.22. The molecule has 3 rings (SSSR count). The Morgan fingerprint density at radius 3 is 2.88 bits per heavy atom. The van der Waals surface area contributed by atoms with Gasteiger partial charge in [0.2, 0.25) is 0 Å². The molecule has 1 aromatic carbocycles. The number of aryl methyl sites for hydroxylation is 1. The average molecular weight is 392 g/mol. The Labute approximate surface area is 150 Å². The van der Waals surface area contributed by atoms with Crippen LogP contribution in [-0.2, 0) is 6.54 Å². The van der Waals surface area contributed by atoms with E-state index < -0.39 is 0 Å². The van der Waals surface area contributed by atoms with Gasteiger partial charge in [-0.05, 0) is 37.6 Å². The van der Waals surface area contributed by atoms with Crippen molar-refractivity contribution in [3.05, 3.63) is 46.3 Å². The van der Waals surface area contributed by atoms with Gasteiger partial charge in [-0.15, -0.1) is 0 Å². The first-order chi connectivity index (χ1) is 11.6. The molecule has 128 valence electrons. The van der Waals surface area contributed by atoms with Gasteiger partial charge in [0.05, 0.1) is 12.2 Å². The van der Waals surface area contributed by atoms with Crippen LogP contribution in [0.25, 0.3) is 0 Å². The zero-order chi connectivity index (χ0) is 16.9. The summed E-state index contributed by atoms with van der Waals surface area (Å²) in [7, 11) is 1.78. The fourth-order valence-corrected chi connectivity index (χ4v) is 3.09. The molecule has 2 aromatic rings. The summed E-state index contributed by atoms with van der Waals surface area (Å²) in [5.41, 5.74) is 2.14. The van der Waals surface area contributed by atoms with Gasteiger partial charge in [0.1, 0.15) is 0 Å². The van der Waals surface area contributed by atoms with Crippen LogP contribution < -0.4 is 15.5 Å². The normalized spacial score (nSPS) is 18.0. The molecule has 0 bridgehead atoms. The van der Waals surface area contributed by atoms with Crippen LogP contribution in [0.1, 0.15) is 17.9 Å². The van der Waals surface area contributed by atoms with Gasteiger partial charge in [-0.1, -0.05) is 21.1 Å². The predicted octanol–water partition coefficient (Wildman–Crippen LogP) is 2.69. The lowest BCUT2D eigenvalue weighted by molar-refractivity contribution is 0.376. The summed E-state index contributed by atoms with van der Waals surface area (Å²) in [6.45, 7) is 4.49. The third kappa shape index (κ3) is 4.29. The summed E-state index contributed by atoms with van der Waals surface area (Å²) in [5.74, 6) is 1.59. The van der Waals surface area contributed by atoms with Crippen LogP contribution in [0, 0.1) is 6.92 Å². The number of benzene rings is 1. The van der Waals surface area contributed by atoms with E-state index in [0.717, 1.165) is 41.4 Å². The van der Waals surface area contributed by atoms with Gasteiger partial charge in [0.25, 0.3) is 0 Å². The Morgan fingerprint density at radius 1 is 1.42 bits per heavy atom. The minimum atomic E-state index is 0.372. The molecule has 1 aromatic heterocycles. The van der Waals surface area contributed by atoms with E-state index in [0.29, 0.717) is 12.6 Å². The molecule has 1 fully saturated rings. The molecule has 2 N–H and O–H groups in total. The Kier molecular flexibility index (Phi) is 5.40. The van der Waals surface area contributed by atoms with Crippen molar-refractivity contribution in [1.82, 2.24) is 15.8 Å². The van der Waals surface area contributed by atoms with E-state index in [1.54, 1.807) is 7.05 Å². The third-order valence-corrected chi connectivity index (χ3v) is 4.58. The summed E-state index contributed by atoms with van der Waals surface area (Å²) in [6, 6.07) is 10.7. The molecule has 2 heterocycles. The second-order valence-corrected chi connectivity index (χ2v) is 6.83. The van der Waals surface area contributed by atoms with E-state index in [9.17, 15) is 0 Å². The van der Waals surface area contributed by atoms with Crippen LogP contribution in [0.15, 0.2) is 44.3 Å². The van der Waals surface area contributed by atoms with Crippen molar-refractivity contribution >= 4 is 27.6 Å². The number of aromatic nitrogens is 1. The molecule has 1 saturated heterocycles. The van der Waals surface area contributed by atoms with Gasteiger partial charge in [-0.2, -0.15) is 0 Å². The van der Waals surface area contributed by atoms with E-state index in [4.69, 9.17) is 4.52 Å². The second kappa shape index (κ2) is 7.70. The molecule has 1 atom stereocenters. The van der Waals surface area contributed by atoms with Crippen LogP contribution in [0.4, 0.5) is 5.69 Å². The molecule has 1 aliphatic rings. The first-order valence-electron chi connectivity index (χ1n) is 8.04. The van der Waals surface area contributed by atoms with E-state index in [2.05, 4.69) is 65.9 Å². The minimum Gasteiger partial charge on any atom is -0.369 e. The monoisotopic (exact) mass is 391 g/mol. The van der Waals surface area contributed by atoms with Crippen molar-refractivity contribution < 1.29 is 4.52 Å². The largest absolute Gasteiger partial charge is 0.369 e. The number of rotatable bonds is 4. The molecule has 1 aliphatic heterocycles. The SMILES string of the molecule is CN=C(NCc1cc(C)no1)NC1CCN(c2ccc(Br)cc2)C1. The molecular weight excluding hydrogens is 370 g/mol. The Hall–Kier alpha value is -2.02. The number of anilines is 1. The van der Waals surface area contributed by atoms with Crippen LogP contribution in [0.2, 0.25) is 0 Å². The maximum atomic E-state index is 5.21. The zero-order valence-electron chi connectivity index (χ0n) is 13.9. The van der Waals surface area contributed by atoms with Crippen molar-refractivity contribution in [3.8, 4) is 0 Å². The number of nitrogens with one attached hydrogen (secondary N) is 2. The molecular formula is C17H22BrN5O. The summed E-state index contributed by atoms with van der Waals surface area (Å²) in [4.78, 5) is 6.68. The highest BCUT2D eigenvalue weighted by Gasteiger charge is 2.23. The molecule has 0 spiro atoms. The van der Waals surface area contributed by atoms with Crippen molar-refractivity contribution in [1.29, 1.82) is 0 Å². The van der Waals surface area contributed by atoms with Gasteiger partial charge in [-0.3, -0.25) is 4.99 Å². The van der Waals surface area contributed by atoms with Gasteiger partial charge in [0, 0.05) is 42.4 Å². The molecule has 1 unspecified atom stereocenters. The van der Waals surface area contributed by atoms with Crippen molar-refractivity contribution in [2.24, 2.45) is 4.99 Å². The maximum Gasteiger partial charge on any atom is 0.191 e. The van der Waals surface area contributed by atoms with E-state index >= 15 is 0 Å². The molecule has 6 nitrogen and oxygen atoms in total. The van der Waals surface area contributed by atoms with Crippen molar-refractivity contribution in [2.45, 2.75) is 25.9 Å². The van der Waals surface area contributed by atoms with Crippen LogP contribution in [0.5, 0.6) is 0 Å². The Bertz CT molecular complexity index is 697. The lowest BCUT2D eigenvalue weighted by Crippen LogP contribution is -2.44. The Morgan fingerprint density at radius 2 is 2.21 bits per heavy atom. The first kappa shape index (κ1) is 16.8. The first-order valence-corrected chi connectivity index (χ1v) is 8.83. The average Bonchev–Trinajstić information content (AvgIpc) is 3.21. The van der Waals surface area contributed by atoms with Gasteiger partial charge >= 0.3 is 0 Å².